The van der Waals surface area contributed by atoms with Crippen LogP contribution in [0.2, 0.25) is 0 Å². The number of para-hydroxylation sites is 1. The highest BCUT2D eigenvalue weighted by atomic mass is 32.2. The molecule has 0 aromatic heterocycles. The molecule has 3 aromatic carbocycles. The Morgan fingerprint density at radius 1 is 0.969 bits per heavy atom. The Balaban J connectivity index is 1.54. The van der Waals surface area contributed by atoms with E-state index in [0.717, 1.165) is 11.3 Å². The molecule has 1 amide bonds. The Labute approximate surface area is 187 Å². The molecular weight excluding hydrogens is 430 g/mol. The Bertz CT molecular complexity index is 1180. The molecule has 1 atom stereocenters. The maximum atomic E-state index is 12.7. The molecule has 1 aliphatic heterocycles. The van der Waals surface area contributed by atoms with Crippen LogP contribution in [0, 0.1) is 0 Å². The van der Waals surface area contributed by atoms with Crippen molar-refractivity contribution < 1.29 is 26.9 Å². The molecule has 0 spiro atoms. The van der Waals surface area contributed by atoms with Gasteiger partial charge in [-0.15, -0.1) is 0 Å². The largest absolute Gasteiger partial charge is 0.497 e. The molecule has 1 saturated heterocycles. The lowest BCUT2D eigenvalue weighted by atomic mass is 10.1. The lowest BCUT2D eigenvalue weighted by Gasteiger charge is -2.33. The molecule has 0 radical (unpaired) electrons. The number of amides is 1. The molecule has 7 nitrogen and oxygen atoms in total. The first-order chi connectivity index (χ1) is 15.5. The van der Waals surface area contributed by atoms with Crippen LogP contribution in [-0.2, 0) is 26.2 Å². The summed E-state index contributed by atoms with van der Waals surface area (Å²) < 4.78 is 41.8. The highest BCUT2D eigenvalue weighted by Gasteiger charge is 2.30. The first-order valence-corrected chi connectivity index (χ1v) is 11.5. The van der Waals surface area contributed by atoms with Gasteiger partial charge in [0.25, 0.3) is 0 Å². The molecule has 0 aliphatic carbocycles. The van der Waals surface area contributed by atoms with Crippen LogP contribution in [0.3, 0.4) is 0 Å². The summed E-state index contributed by atoms with van der Waals surface area (Å²) in [5.41, 5.74) is 1.52. The quantitative estimate of drug-likeness (QED) is 0.509. The highest BCUT2D eigenvalue weighted by molar-refractivity contribution is 7.87. The van der Waals surface area contributed by atoms with Gasteiger partial charge in [0.1, 0.15) is 29.1 Å². The van der Waals surface area contributed by atoms with Crippen LogP contribution < -0.4 is 8.92 Å². The van der Waals surface area contributed by atoms with Gasteiger partial charge >= 0.3 is 10.1 Å². The predicted octanol–water partition coefficient (Wildman–Crippen LogP) is 3.56. The second kappa shape index (κ2) is 9.42. The van der Waals surface area contributed by atoms with Crippen molar-refractivity contribution in [3.63, 3.8) is 0 Å². The number of morpholine rings is 1. The van der Waals surface area contributed by atoms with Gasteiger partial charge in [-0.25, -0.2) is 0 Å². The van der Waals surface area contributed by atoms with Crippen LogP contribution in [0.25, 0.3) is 0 Å². The van der Waals surface area contributed by atoms with Gasteiger partial charge in [-0.2, -0.15) is 8.42 Å². The topological polar surface area (TPSA) is 82.1 Å². The molecule has 3 aromatic rings. The van der Waals surface area contributed by atoms with E-state index in [1.165, 1.54) is 12.1 Å². The van der Waals surface area contributed by atoms with Crippen LogP contribution >= 0.6 is 0 Å². The number of methoxy groups -OCH3 is 1. The lowest BCUT2D eigenvalue weighted by Crippen LogP contribution is -2.42. The minimum Gasteiger partial charge on any atom is -0.497 e. The normalized spacial score (nSPS) is 16.6. The number of carbonyl (C=O) groups is 1. The van der Waals surface area contributed by atoms with Crippen molar-refractivity contribution in [2.75, 3.05) is 20.3 Å². The summed E-state index contributed by atoms with van der Waals surface area (Å²) in [5, 5.41) is 0. The van der Waals surface area contributed by atoms with E-state index in [1.807, 2.05) is 24.3 Å². The molecule has 4 rings (SSSR count). The summed E-state index contributed by atoms with van der Waals surface area (Å²) in [6.45, 7) is 0.589. The van der Waals surface area contributed by atoms with Crippen molar-refractivity contribution in [2.24, 2.45) is 0 Å². The third-order valence-electron chi connectivity index (χ3n) is 5.18. The monoisotopic (exact) mass is 453 g/mol. The van der Waals surface area contributed by atoms with Gasteiger partial charge in [-0.1, -0.05) is 48.5 Å². The van der Waals surface area contributed by atoms with Gasteiger partial charge in [0, 0.05) is 12.1 Å². The van der Waals surface area contributed by atoms with Gasteiger partial charge in [0.15, 0.2) is 0 Å². The van der Waals surface area contributed by atoms with Crippen molar-refractivity contribution in [3.8, 4) is 11.5 Å². The van der Waals surface area contributed by atoms with Crippen LogP contribution in [0.4, 0.5) is 0 Å². The molecule has 32 heavy (non-hydrogen) atoms. The first-order valence-electron chi connectivity index (χ1n) is 10.1. The molecule has 0 unspecified atom stereocenters. The average Bonchev–Trinajstić information content (AvgIpc) is 2.82. The van der Waals surface area contributed by atoms with Crippen LogP contribution in [0.5, 0.6) is 11.5 Å². The summed E-state index contributed by atoms with van der Waals surface area (Å²) in [6, 6.07) is 22.3. The van der Waals surface area contributed by atoms with Gasteiger partial charge < -0.3 is 18.6 Å². The minimum atomic E-state index is -4.00. The van der Waals surface area contributed by atoms with Gasteiger partial charge in [0.05, 0.1) is 13.7 Å². The standard InChI is InChI=1S/C24H23NO6S/c1-29-19-13-11-18(12-14-19)15-25-16-23(30-17-24(25)26)21-9-5-6-10-22(21)31-32(27,28)20-7-3-2-4-8-20/h2-14,23H,15-17H2,1H3/t23-/m1/s1. The Morgan fingerprint density at radius 2 is 1.66 bits per heavy atom. The third kappa shape index (κ3) is 4.92. The van der Waals surface area contributed by atoms with Crippen molar-refractivity contribution in [1.82, 2.24) is 4.90 Å². The summed E-state index contributed by atoms with van der Waals surface area (Å²) in [6.07, 6.45) is -0.520. The number of carbonyl (C=O) groups excluding carboxylic acids is 1. The fraction of sp³-hybridized carbons (Fsp3) is 0.208. The van der Waals surface area contributed by atoms with Crippen molar-refractivity contribution in [2.45, 2.75) is 17.5 Å². The maximum Gasteiger partial charge on any atom is 0.339 e. The molecule has 0 bridgehead atoms. The van der Waals surface area contributed by atoms with Gasteiger partial charge in [-0.05, 0) is 35.9 Å². The van der Waals surface area contributed by atoms with Crippen molar-refractivity contribution in [3.05, 3.63) is 90.0 Å². The summed E-state index contributed by atoms with van der Waals surface area (Å²) in [7, 11) is -2.40. The molecule has 0 saturated carbocycles. The number of nitrogens with zero attached hydrogens (tertiary/aromatic N) is 1. The van der Waals surface area contributed by atoms with Crippen molar-refractivity contribution >= 4 is 16.0 Å². The smallest absolute Gasteiger partial charge is 0.339 e. The Morgan fingerprint density at radius 3 is 2.38 bits per heavy atom. The van der Waals surface area contributed by atoms with E-state index >= 15 is 0 Å². The van der Waals surface area contributed by atoms with Crippen LogP contribution in [0.15, 0.2) is 83.8 Å². The fourth-order valence-electron chi connectivity index (χ4n) is 3.49. The van der Waals surface area contributed by atoms with E-state index in [9.17, 15) is 13.2 Å². The third-order valence-corrected chi connectivity index (χ3v) is 6.43. The van der Waals surface area contributed by atoms with Gasteiger partial charge in [0.2, 0.25) is 5.91 Å². The average molecular weight is 454 g/mol. The van der Waals surface area contributed by atoms with E-state index in [2.05, 4.69) is 0 Å². The molecule has 166 valence electrons. The van der Waals surface area contributed by atoms with Gasteiger partial charge in [-0.3, -0.25) is 4.79 Å². The number of hydrogen-bond acceptors (Lipinski definition) is 6. The van der Waals surface area contributed by atoms with E-state index in [0.29, 0.717) is 12.1 Å². The SMILES string of the molecule is COc1ccc(CN2C[C@H](c3ccccc3OS(=O)(=O)c3ccccc3)OCC2=O)cc1. The van der Waals surface area contributed by atoms with Crippen molar-refractivity contribution in [1.29, 1.82) is 0 Å². The lowest BCUT2D eigenvalue weighted by molar-refractivity contribution is -0.150. The predicted molar refractivity (Wildman–Crippen MR) is 118 cm³/mol. The van der Waals surface area contributed by atoms with Crippen LogP contribution in [-0.4, -0.2) is 39.5 Å². The van der Waals surface area contributed by atoms with E-state index < -0.39 is 16.2 Å². The second-order valence-corrected chi connectivity index (χ2v) is 8.86. The maximum absolute atomic E-state index is 12.7. The molecule has 0 N–H and O–H groups in total. The summed E-state index contributed by atoms with van der Waals surface area (Å²) >= 11 is 0. The Hall–Kier alpha value is -3.36. The summed E-state index contributed by atoms with van der Waals surface area (Å²) in [5.74, 6) is 0.790. The molecule has 1 heterocycles. The highest BCUT2D eigenvalue weighted by Crippen LogP contribution is 2.32. The summed E-state index contributed by atoms with van der Waals surface area (Å²) in [4.78, 5) is 14.2. The second-order valence-electron chi connectivity index (χ2n) is 7.31. The molecular formula is C24H23NO6S. The first kappa shape index (κ1) is 21.9. The Kier molecular flexibility index (Phi) is 6.43. The fourth-order valence-corrected chi connectivity index (χ4v) is 4.46. The zero-order chi connectivity index (χ0) is 22.6. The molecule has 8 heteroatoms. The number of ether oxygens (including phenoxy) is 2. The number of hydrogen-bond donors (Lipinski definition) is 0. The molecule has 1 fully saturated rings. The van der Waals surface area contributed by atoms with E-state index in [4.69, 9.17) is 13.7 Å². The minimum absolute atomic E-state index is 0.0654. The van der Waals surface area contributed by atoms with E-state index in [-0.39, 0.29) is 29.7 Å². The zero-order valence-corrected chi connectivity index (χ0v) is 18.3. The number of rotatable bonds is 7. The molecule has 1 aliphatic rings. The number of benzene rings is 3. The van der Waals surface area contributed by atoms with Crippen LogP contribution in [0.1, 0.15) is 17.2 Å². The van der Waals surface area contributed by atoms with E-state index in [1.54, 1.807) is 54.5 Å². The zero-order valence-electron chi connectivity index (χ0n) is 17.5.